The maximum absolute atomic E-state index is 12.8. The minimum absolute atomic E-state index is 0.0885. The SMILES string of the molecule is CC1CCN(S(=O)(=O)c2ccc(OCC(=O)N3c4ccccc4C[C@H]3C)cc2)CC1. The molecule has 4 rings (SSSR count). The smallest absolute Gasteiger partial charge is 0.265 e. The highest BCUT2D eigenvalue weighted by atomic mass is 32.2. The molecular weight excluding hydrogens is 400 g/mol. The average molecular weight is 429 g/mol. The number of ether oxygens (including phenoxy) is 1. The van der Waals surface area contributed by atoms with E-state index < -0.39 is 10.0 Å². The van der Waals surface area contributed by atoms with Crippen LogP contribution in [0.3, 0.4) is 0 Å². The second-order valence-corrected chi connectivity index (χ2v) is 10.2. The number of hydrogen-bond donors (Lipinski definition) is 0. The number of nitrogens with zero attached hydrogens (tertiary/aromatic N) is 2. The van der Waals surface area contributed by atoms with Crippen molar-refractivity contribution in [3.8, 4) is 5.75 Å². The van der Waals surface area contributed by atoms with Crippen LogP contribution in [0.4, 0.5) is 5.69 Å². The van der Waals surface area contributed by atoms with Gasteiger partial charge in [0.25, 0.3) is 5.91 Å². The molecule has 0 radical (unpaired) electrons. The molecule has 1 amide bonds. The van der Waals surface area contributed by atoms with Gasteiger partial charge >= 0.3 is 0 Å². The van der Waals surface area contributed by atoms with Crippen LogP contribution >= 0.6 is 0 Å². The van der Waals surface area contributed by atoms with Gasteiger partial charge in [-0.15, -0.1) is 0 Å². The molecule has 6 nitrogen and oxygen atoms in total. The Labute approximate surface area is 178 Å². The van der Waals surface area contributed by atoms with E-state index in [4.69, 9.17) is 4.74 Å². The van der Waals surface area contributed by atoms with Crippen molar-refractivity contribution in [2.45, 2.75) is 44.0 Å². The number of carbonyl (C=O) groups is 1. The van der Waals surface area contributed by atoms with E-state index in [2.05, 4.69) is 6.92 Å². The first-order valence-corrected chi connectivity index (χ1v) is 11.9. The second kappa shape index (κ2) is 8.40. The highest BCUT2D eigenvalue weighted by Crippen LogP contribution is 2.32. The van der Waals surface area contributed by atoms with Crippen molar-refractivity contribution < 1.29 is 17.9 Å². The van der Waals surface area contributed by atoms with E-state index in [0.717, 1.165) is 24.9 Å². The van der Waals surface area contributed by atoms with Gasteiger partial charge in [-0.05, 0) is 68.0 Å². The lowest BCUT2D eigenvalue weighted by Gasteiger charge is -2.29. The summed E-state index contributed by atoms with van der Waals surface area (Å²) >= 11 is 0. The first-order valence-electron chi connectivity index (χ1n) is 10.5. The van der Waals surface area contributed by atoms with Gasteiger partial charge in [0.05, 0.1) is 4.90 Å². The molecule has 160 valence electrons. The second-order valence-electron chi connectivity index (χ2n) is 8.29. The van der Waals surface area contributed by atoms with Gasteiger partial charge in [-0.1, -0.05) is 25.1 Å². The Kier molecular flexibility index (Phi) is 5.84. The van der Waals surface area contributed by atoms with Gasteiger partial charge in [0.2, 0.25) is 10.0 Å². The van der Waals surface area contributed by atoms with Crippen LogP contribution in [-0.2, 0) is 21.2 Å². The van der Waals surface area contributed by atoms with Crippen LogP contribution in [-0.4, -0.2) is 44.4 Å². The molecule has 30 heavy (non-hydrogen) atoms. The molecule has 2 heterocycles. The standard InChI is InChI=1S/C23H28N2O4S/c1-17-11-13-24(14-12-17)30(27,28)21-9-7-20(8-10-21)29-16-23(26)25-18(2)15-19-5-3-4-6-22(19)25/h3-10,17-18H,11-16H2,1-2H3/t18-/m1/s1. The summed E-state index contributed by atoms with van der Waals surface area (Å²) in [5.74, 6) is 0.941. The van der Waals surface area contributed by atoms with E-state index >= 15 is 0 Å². The fourth-order valence-corrected chi connectivity index (χ4v) is 5.71. The van der Waals surface area contributed by atoms with E-state index in [-0.39, 0.29) is 23.5 Å². The van der Waals surface area contributed by atoms with Gasteiger partial charge in [0, 0.05) is 24.8 Å². The Morgan fingerprint density at radius 2 is 1.70 bits per heavy atom. The third-order valence-corrected chi connectivity index (χ3v) is 7.96. The normalized spacial score (nSPS) is 20.2. The lowest BCUT2D eigenvalue weighted by Crippen LogP contribution is -2.39. The molecule has 2 aromatic rings. The Morgan fingerprint density at radius 3 is 2.40 bits per heavy atom. The minimum Gasteiger partial charge on any atom is -0.484 e. The van der Waals surface area contributed by atoms with Crippen LogP contribution in [0, 0.1) is 5.92 Å². The largest absolute Gasteiger partial charge is 0.484 e. The number of amides is 1. The number of carbonyl (C=O) groups excluding carboxylic acids is 1. The van der Waals surface area contributed by atoms with E-state index in [0.29, 0.717) is 24.8 Å². The van der Waals surface area contributed by atoms with Gasteiger partial charge in [-0.3, -0.25) is 4.79 Å². The van der Waals surface area contributed by atoms with Gasteiger partial charge in [0.1, 0.15) is 5.75 Å². The Bertz CT molecular complexity index is 1010. The monoisotopic (exact) mass is 428 g/mol. The lowest BCUT2D eigenvalue weighted by atomic mass is 10.0. The summed E-state index contributed by atoms with van der Waals surface area (Å²) in [6.45, 7) is 5.21. The third kappa shape index (κ3) is 4.09. The first kappa shape index (κ1) is 20.9. The highest BCUT2D eigenvalue weighted by molar-refractivity contribution is 7.89. The van der Waals surface area contributed by atoms with Crippen LogP contribution < -0.4 is 9.64 Å². The molecule has 0 aliphatic carbocycles. The number of sulfonamides is 1. The zero-order chi connectivity index (χ0) is 21.3. The Morgan fingerprint density at radius 1 is 1.03 bits per heavy atom. The van der Waals surface area contributed by atoms with Crippen LogP contribution in [0.2, 0.25) is 0 Å². The van der Waals surface area contributed by atoms with Crippen molar-refractivity contribution in [1.29, 1.82) is 0 Å². The molecule has 0 bridgehead atoms. The van der Waals surface area contributed by atoms with E-state index in [9.17, 15) is 13.2 Å². The molecule has 2 aliphatic rings. The molecule has 0 aromatic heterocycles. The zero-order valence-electron chi connectivity index (χ0n) is 17.5. The molecule has 2 aliphatic heterocycles. The van der Waals surface area contributed by atoms with Crippen LogP contribution in [0.5, 0.6) is 5.75 Å². The molecule has 0 spiro atoms. The molecular formula is C23H28N2O4S. The van der Waals surface area contributed by atoms with Crippen molar-refractivity contribution in [1.82, 2.24) is 4.31 Å². The fourth-order valence-electron chi connectivity index (χ4n) is 4.24. The molecule has 1 atom stereocenters. The number of benzene rings is 2. The summed E-state index contributed by atoms with van der Waals surface area (Å²) in [7, 11) is -3.48. The van der Waals surface area contributed by atoms with Crippen molar-refractivity contribution >= 4 is 21.6 Å². The highest BCUT2D eigenvalue weighted by Gasteiger charge is 2.31. The number of rotatable bonds is 5. The first-order chi connectivity index (χ1) is 14.4. The Hall–Kier alpha value is -2.38. The summed E-state index contributed by atoms with van der Waals surface area (Å²) in [5, 5.41) is 0. The maximum Gasteiger partial charge on any atom is 0.265 e. The topological polar surface area (TPSA) is 66.9 Å². The summed E-state index contributed by atoms with van der Waals surface area (Å²) in [5.41, 5.74) is 2.11. The maximum atomic E-state index is 12.8. The predicted octanol–water partition coefficient (Wildman–Crippen LogP) is 3.46. The molecule has 1 saturated heterocycles. The number of para-hydroxylation sites is 1. The van der Waals surface area contributed by atoms with Gasteiger partial charge in [-0.25, -0.2) is 8.42 Å². The molecule has 0 unspecified atom stereocenters. The van der Waals surface area contributed by atoms with Crippen LogP contribution in [0.25, 0.3) is 0 Å². The van der Waals surface area contributed by atoms with Crippen LogP contribution in [0.1, 0.15) is 32.3 Å². The van der Waals surface area contributed by atoms with Gasteiger partial charge in [-0.2, -0.15) is 4.31 Å². The quantitative estimate of drug-likeness (QED) is 0.731. The molecule has 0 N–H and O–H groups in total. The number of anilines is 1. The number of piperidine rings is 1. The average Bonchev–Trinajstić information content (AvgIpc) is 3.08. The summed E-state index contributed by atoms with van der Waals surface area (Å²) in [6.07, 6.45) is 2.62. The fraction of sp³-hybridized carbons (Fsp3) is 0.435. The summed E-state index contributed by atoms with van der Waals surface area (Å²) < 4.78 is 32.9. The predicted molar refractivity (Wildman–Crippen MR) is 116 cm³/mol. The summed E-state index contributed by atoms with van der Waals surface area (Å²) in [4.78, 5) is 14.8. The number of hydrogen-bond acceptors (Lipinski definition) is 4. The molecule has 7 heteroatoms. The third-order valence-electron chi connectivity index (χ3n) is 6.04. The molecule has 0 saturated carbocycles. The number of fused-ring (bicyclic) bond motifs is 1. The van der Waals surface area contributed by atoms with Crippen molar-refractivity contribution in [2.75, 3.05) is 24.6 Å². The van der Waals surface area contributed by atoms with E-state index in [1.807, 2.05) is 31.2 Å². The van der Waals surface area contributed by atoms with Gasteiger partial charge < -0.3 is 9.64 Å². The van der Waals surface area contributed by atoms with Crippen LogP contribution in [0.15, 0.2) is 53.4 Å². The van der Waals surface area contributed by atoms with Crippen molar-refractivity contribution in [2.24, 2.45) is 5.92 Å². The van der Waals surface area contributed by atoms with Gasteiger partial charge in [0.15, 0.2) is 6.61 Å². The summed E-state index contributed by atoms with van der Waals surface area (Å²) in [6, 6.07) is 14.4. The van der Waals surface area contributed by atoms with Crippen molar-refractivity contribution in [3.63, 3.8) is 0 Å². The molecule has 2 aromatic carbocycles. The zero-order valence-corrected chi connectivity index (χ0v) is 18.3. The Balaban J connectivity index is 1.39. The van der Waals surface area contributed by atoms with E-state index in [1.165, 1.54) is 5.56 Å². The van der Waals surface area contributed by atoms with E-state index in [1.54, 1.807) is 33.5 Å². The van der Waals surface area contributed by atoms with Crippen molar-refractivity contribution in [3.05, 3.63) is 54.1 Å². The lowest BCUT2D eigenvalue weighted by molar-refractivity contribution is -0.120. The molecule has 1 fully saturated rings. The minimum atomic E-state index is -3.48.